The molecule has 1 amide bonds. The van der Waals surface area contributed by atoms with Crippen LogP contribution in [-0.4, -0.2) is 47.8 Å². The number of hydrogen-bond acceptors (Lipinski definition) is 5. The molecule has 0 spiro atoms. The SMILES string of the molecule is O=C(N[C@@H](c1ccc(F)c(Cl)c1)[C@@]1(F)CCNC1)c1ccc2cnc(CC3CCOCC3)nc2c1. The van der Waals surface area contributed by atoms with Crippen molar-refractivity contribution in [3.05, 3.63) is 70.4 Å². The molecule has 2 saturated heterocycles. The van der Waals surface area contributed by atoms with Crippen LogP contribution >= 0.6 is 11.6 Å². The fourth-order valence-corrected chi connectivity index (χ4v) is 5.04. The van der Waals surface area contributed by atoms with E-state index in [0.29, 0.717) is 29.1 Å². The first-order chi connectivity index (χ1) is 16.9. The van der Waals surface area contributed by atoms with Crippen LogP contribution in [0.3, 0.4) is 0 Å². The lowest BCUT2D eigenvalue weighted by molar-refractivity contribution is 0.0660. The number of nitrogens with zero attached hydrogens (tertiary/aromatic N) is 2. The van der Waals surface area contributed by atoms with Gasteiger partial charge in [-0.2, -0.15) is 0 Å². The average molecular weight is 501 g/mol. The number of aromatic nitrogens is 2. The van der Waals surface area contributed by atoms with E-state index in [9.17, 15) is 9.18 Å². The molecule has 0 radical (unpaired) electrons. The molecule has 6 nitrogen and oxygen atoms in total. The van der Waals surface area contributed by atoms with Crippen molar-refractivity contribution in [2.24, 2.45) is 5.92 Å². The zero-order valence-corrected chi connectivity index (χ0v) is 20.0. The molecular weight excluding hydrogens is 474 g/mol. The largest absolute Gasteiger partial charge is 0.381 e. The number of alkyl halides is 1. The van der Waals surface area contributed by atoms with E-state index < -0.39 is 23.4 Å². The molecule has 184 valence electrons. The summed E-state index contributed by atoms with van der Waals surface area (Å²) in [5.41, 5.74) is -0.292. The molecule has 2 aliphatic heterocycles. The van der Waals surface area contributed by atoms with Crippen molar-refractivity contribution in [1.29, 1.82) is 0 Å². The number of halogens is 3. The second-order valence-electron chi connectivity index (χ2n) is 9.36. The van der Waals surface area contributed by atoms with Crippen molar-refractivity contribution in [3.63, 3.8) is 0 Å². The molecule has 0 unspecified atom stereocenters. The molecule has 0 aliphatic carbocycles. The van der Waals surface area contributed by atoms with Gasteiger partial charge in [0.1, 0.15) is 17.3 Å². The quantitative estimate of drug-likeness (QED) is 0.519. The van der Waals surface area contributed by atoms with Crippen LogP contribution in [0.1, 0.15) is 47.1 Å². The van der Waals surface area contributed by atoms with E-state index in [0.717, 1.165) is 43.7 Å². The van der Waals surface area contributed by atoms with Crippen molar-refractivity contribution in [2.75, 3.05) is 26.3 Å². The standard InChI is InChI=1S/C26H27ClF2N4O2/c27-20-12-17(3-4-21(20)28)24(26(29)7-8-30-15-26)33-25(34)18-1-2-19-14-31-23(32-22(19)13-18)11-16-5-9-35-10-6-16/h1-4,12-14,16,24,30H,5-11,15H2,(H,33,34)/t24-,26+/m0/s1. The Morgan fingerprint density at radius 1 is 1.26 bits per heavy atom. The van der Waals surface area contributed by atoms with Gasteiger partial charge < -0.3 is 15.4 Å². The van der Waals surface area contributed by atoms with Crippen LogP contribution in [0, 0.1) is 11.7 Å². The maximum Gasteiger partial charge on any atom is 0.251 e. The third-order valence-electron chi connectivity index (χ3n) is 6.91. The van der Waals surface area contributed by atoms with Gasteiger partial charge in [-0.05, 0) is 61.6 Å². The summed E-state index contributed by atoms with van der Waals surface area (Å²) in [4.78, 5) is 22.4. The lowest BCUT2D eigenvalue weighted by atomic mass is 9.89. The number of hydrogen-bond donors (Lipinski definition) is 2. The predicted molar refractivity (Wildman–Crippen MR) is 130 cm³/mol. The van der Waals surface area contributed by atoms with Gasteiger partial charge in [-0.1, -0.05) is 23.7 Å². The van der Waals surface area contributed by atoms with E-state index in [1.165, 1.54) is 18.2 Å². The monoisotopic (exact) mass is 500 g/mol. The zero-order chi connectivity index (χ0) is 24.4. The van der Waals surface area contributed by atoms with Gasteiger partial charge in [0.25, 0.3) is 5.91 Å². The van der Waals surface area contributed by atoms with Crippen LogP contribution in [0.4, 0.5) is 8.78 Å². The maximum absolute atomic E-state index is 15.9. The Bertz CT molecular complexity index is 1230. The molecule has 1 aromatic heterocycles. The Kier molecular flexibility index (Phi) is 6.95. The van der Waals surface area contributed by atoms with Gasteiger partial charge in [0.15, 0.2) is 0 Å². The van der Waals surface area contributed by atoms with E-state index in [-0.39, 0.29) is 18.0 Å². The van der Waals surface area contributed by atoms with Gasteiger partial charge in [-0.3, -0.25) is 4.79 Å². The number of rotatable bonds is 6. The van der Waals surface area contributed by atoms with Crippen molar-refractivity contribution >= 4 is 28.4 Å². The van der Waals surface area contributed by atoms with Gasteiger partial charge in [-0.15, -0.1) is 0 Å². The number of benzene rings is 2. The van der Waals surface area contributed by atoms with Gasteiger partial charge in [0, 0.05) is 43.3 Å². The van der Waals surface area contributed by atoms with Gasteiger partial charge in [0.05, 0.1) is 16.6 Å². The first kappa shape index (κ1) is 24.0. The Labute approximate surface area is 207 Å². The highest BCUT2D eigenvalue weighted by Gasteiger charge is 2.44. The molecule has 9 heteroatoms. The molecule has 2 aliphatic rings. The highest BCUT2D eigenvalue weighted by Crippen LogP contribution is 2.36. The summed E-state index contributed by atoms with van der Waals surface area (Å²) >= 11 is 5.97. The van der Waals surface area contributed by atoms with E-state index in [4.69, 9.17) is 16.3 Å². The van der Waals surface area contributed by atoms with Crippen molar-refractivity contribution in [2.45, 2.75) is 37.4 Å². The summed E-state index contributed by atoms with van der Waals surface area (Å²) in [6.07, 6.45) is 4.72. The lowest BCUT2D eigenvalue weighted by Gasteiger charge is -2.31. The van der Waals surface area contributed by atoms with Gasteiger partial charge >= 0.3 is 0 Å². The normalized spacial score (nSPS) is 21.8. The highest BCUT2D eigenvalue weighted by molar-refractivity contribution is 6.30. The Morgan fingerprint density at radius 3 is 2.83 bits per heavy atom. The number of amides is 1. The number of carbonyl (C=O) groups is 1. The third-order valence-corrected chi connectivity index (χ3v) is 7.20. The van der Waals surface area contributed by atoms with Crippen LogP contribution in [0.25, 0.3) is 10.9 Å². The number of ether oxygens (including phenoxy) is 1. The van der Waals surface area contributed by atoms with Crippen molar-refractivity contribution in [3.8, 4) is 0 Å². The summed E-state index contributed by atoms with van der Waals surface area (Å²) in [6, 6.07) is 8.19. The first-order valence-electron chi connectivity index (χ1n) is 11.9. The van der Waals surface area contributed by atoms with E-state index in [1.54, 1.807) is 24.4 Å². The first-order valence-corrected chi connectivity index (χ1v) is 12.3. The van der Waals surface area contributed by atoms with E-state index >= 15 is 4.39 Å². The number of carbonyl (C=O) groups excluding carboxylic acids is 1. The lowest BCUT2D eigenvalue weighted by Crippen LogP contribution is -2.44. The van der Waals surface area contributed by atoms with Crippen LogP contribution in [0.2, 0.25) is 5.02 Å². The molecule has 5 rings (SSSR count). The topological polar surface area (TPSA) is 76.1 Å². The predicted octanol–water partition coefficient (Wildman–Crippen LogP) is 4.56. The van der Waals surface area contributed by atoms with Crippen molar-refractivity contribution in [1.82, 2.24) is 20.6 Å². The summed E-state index contributed by atoms with van der Waals surface area (Å²) in [5, 5.41) is 6.54. The van der Waals surface area contributed by atoms with Crippen molar-refractivity contribution < 1.29 is 18.3 Å². The second kappa shape index (κ2) is 10.1. The minimum atomic E-state index is -1.73. The van der Waals surface area contributed by atoms with Crippen LogP contribution in [-0.2, 0) is 11.2 Å². The van der Waals surface area contributed by atoms with Crippen LogP contribution in [0.15, 0.2) is 42.6 Å². The van der Waals surface area contributed by atoms with Crippen LogP contribution < -0.4 is 10.6 Å². The molecule has 3 heterocycles. The van der Waals surface area contributed by atoms with E-state index in [2.05, 4.69) is 20.6 Å². The highest BCUT2D eigenvalue weighted by atomic mass is 35.5. The summed E-state index contributed by atoms with van der Waals surface area (Å²) in [6.45, 7) is 2.08. The molecule has 0 saturated carbocycles. The zero-order valence-electron chi connectivity index (χ0n) is 19.2. The minimum Gasteiger partial charge on any atom is -0.381 e. The molecule has 3 aromatic rings. The van der Waals surface area contributed by atoms with Gasteiger partial charge in [-0.25, -0.2) is 18.7 Å². The fourth-order valence-electron chi connectivity index (χ4n) is 4.85. The minimum absolute atomic E-state index is 0.0768. The molecule has 2 atom stereocenters. The average Bonchev–Trinajstić information content (AvgIpc) is 3.31. The Balaban J connectivity index is 1.40. The smallest absolute Gasteiger partial charge is 0.251 e. The number of fused-ring (bicyclic) bond motifs is 1. The maximum atomic E-state index is 15.9. The molecule has 2 N–H and O–H groups in total. The fraction of sp³-hybridized carbons (Fsp3) is 0.423. The van der Waals surface area contributed by atoms with Crippen LogP contribution in [0.5, 0.6) is 0 Å². The number of nitrogens with one attached hydrogen (secondary N) is 2. The van der Waals surface area contributed by atoms with Gasteiger partial charge in [0.2, 0.25) is 0 Å². The molecule has 2 aromatic carbocycles. The molecule has 2 fully saturated rings. The molecule has 35 heavy (non-hydrogen) atoms. The second-order valence-corrected chi connectivity index (χ2v) is 9.77. The summed E-state index contributed by atoms with van der Waals surface area (Å²) < 4.78 is 35.0. The third kappa shape index (κ3) is 5.29. The summed E-state index contributed by atoms with van der Waals surface area (Å²) in [5.74, 6) is 0.187. The Morgan fingerprint density at radius 2 is 2.09 bits per heavy atom. The summed E-state index contributed by atoms with van der Waals surface area (Å²) in [7, 11) is 0. The Hall–Kier alpha value is -2.68. The van der Waals surface area contributed by atoms with E-state index in [1.807, 2.05) is 0 Å². The molecular formula is C26H27ClF2N4O2. The molecule has 0 bridgehead atoms.